The Kier molecular flexibility index (Phi) is 3.37. The fraction of sp³-hybridized carbons (Fsp3) is 0.688. The molecule has 1 aromatic rings. The maximum Gasteiger partial charge on any atom is 0.216 e. The summed E-state index contributed by atoms with van der Waals surface area (Å²) < 4.78 is 12.7. The Morgan fingerprint density at radius 1 is 1.45 bits per heavy atom. The Morgan fingerprint density at radius 3 is 2.80 bits per heavy atom. The lowest BCUT2D eigenvalue weighted by molar-refractivity contribution is -0.0761. The predicted molar refractivity (Wildman–Crippen MR) is 82.4 cm³/mol. The van der Waals surface area contributed by atoms with E-state index in [0.717, 1.165) is 24.3 Å². The number of hydrogen-bond donors (Lipinski definition) is 0. The summed E-state index contributed by atoms with van der Waals surface area (Å²) in [5.41, 5.74) is 0.748. The van der Waals surface area contributed by atoms with Crippen LogP contribution >= 0.6 is 15.9 Å². The maximum atomic E-state index is 6.45. The Labute approximate surface area is 129 Å². The summed E-state index contributed by atoms with van der Waals surface area (Å²) in [6, 6.07) is 3.97. The molecule has 4 atom stereocenters. The van der Waals surface area contributed by atoms with Crippen molar-refractivity contribution < 1.29 is 9.47 Å². The molecular formula is C16H22BrNO2. The van der Waals surface area contributed by atoms with E-state index in [0.29, 0.717) is 10.7 Å². The van der Waals surface area contributed by atoms with Crippen molar-refractivity contribution in [2.45, 2.75) is 62.7 Å². The number of hydrogen-bond acceptors (Lipinski definition) is 3. The van der Waals surface area contributed by atoms with E-state index in [4.69, 9.17) is 9.47 Å². The molecule has 2 aliphatic heterocycles. The van der Waals surface area contributed by atoms with E-state index >= 15 is 0 Å². The van der Waals surface area contributed by atoms with Gasteiger partial charge in [0.1, 0.15) is 11.7 Å². The van der Waals surface area contributed by atoms with Crippen LogP contribution in [0.15, 0.2) is 18.3 Å². The summed E-state index contributed by atoms with van der Waals surface area (Å²) in [6.45, 7) is 8.66. The Balaban J connectivity index is 1.86. The number of rotatable bonds is 3. The third-order valence-corrected chi connectivity index (χ3v) is 6.01. The van der Waals surface area contributed by atoms with E-state index < -0.39 is 0 Å². The van der Waals surface area contributed by atoms with E-state index in [-0.39, 0.29) is 17.3 Å². The average Bonchev–Trinajstić information content (AvgIpc) is 2.80. The van der Waals surface area contributed by atoms with Gasteiger partial charge in [0.25, 0.3) is 0 Å². The lowest BCUT2D eigenvalue weighted by atomic mass is 9.75. The summed E-state index contributed by atoms with van der Waals surface area (Å²) in [7, 11) is 0. The summed E-state index contributed by atoms with van der Waals surface area (Å²) in [5, 5.41) is 0. The van der Waals surface area contributed by atoms with Crippen molar-refractivity contribution in [2.75, 3.05) is 0 Å². The van der Waals surface area contributed by atoms with Crippen molar-refractivity contribution in [3.8, 4) is 5.88 Å². The molecule has 1 aromatic heterocycles. The van der Waals surface area contributed by atoms with Crippen LogP contribution in [0.5, 0.6) is 5.88 Å². The normalized spacial score (nSPS) is 39.5. The van der Waals surface area contributed by atoms with E-state index in [2.05, 4.69) is 41.7 Å². The van der Waals surface area contributed by atoms with Crippen LogP contribution in [0.3, 0.4) is 0 Å². The first-order chi connectivity index (χ1) is 9.37. The quantitative estimate of drug-likeness (QED) is 0.783. The van der Waals surface area contributed by atoms with Gasteiger partial charge in [0.15, 0.2) is 0 Å². The highest BCUT2D eigenvalue weighted by atomic mass is 79.9. The van der Waals surface area contributed by atoms with Crippen LogP contribution in [0.2, 0.25) is 0 Å². The van der Waals surface area contributed by atoms with Crippen LogP contribution in [0, 0.1) is 12.8 Å². The van der Waals surface area contributed by atoms with Gasteiger partial charge in [0.2, 0.25) is 5.88 Å². The van der Waals surface area contributed by atoms with Crippen molar-refractivity contribution in [3.05, 3.63) is 23.9 Å². The average molecular weight is 340 g/mol. The van der Waals surface area contributed by atoms with E-state index in [1.807, 2.05) is 19.1 Å². The Morgan fingerprint density at radius 2 is 2.20 bits per heavy atom. The molecule has 0 saturated carbocycles. The van der Waals surface area contributed by atoms with E-state index in [1.54, 1.807) is 6.20 Å². The summed E-state index contributed by atoms with van der Waals surface area (Å²) in [5.74, 6) is 1.20. The molecule has 0 aromatic carbocycles. The molecule has 0 N–H and O–H groups in total. The van der Waals surface area contributed by atoms with Gasteiger partial charge in [-0.2, -0.15) is 0 Å². The van der Waals surface area contributed by atoms with Crippen LogP contribution in [-0.4, -0.2) is 27.1 Å². The molecule has 0 aliphatic carbocycles. The first-order valence-corrected chi connectivity index (χ1v) is 8.21. The molecule has 2 bridgehead atoms. The fourth-order valence-corrected chi connectivity index (χ4v) is 5.00. The number of alkyl halides is 1. The molecule has 2 aliphatic rings. The molecule has 0 radical (unpaired) electrons. The van der Waals surface area contributed by atoms with Gasteiger partial charge in [-0.05, 0) is 32.3 Å². The van der Waals surface area contributed by atoms with Crippen LogP contribution in [0.1, 0.15) is 39.2 Å². The second-order valence-corrected chi connectivity index (χ2v) is 7.74. The maximum absolute atomic E-state index is 6.45. The third kappa shape index (κ3) is 2.00. The molecule has 0 amide bonds. The molecule has 20 heavy (non-hydrogen) atoms. The topological polar surface area (TPSA) is 31.4 Å². The standard InChI is InChI=1S/C16H22BrNO2/c1-10(2)16-9-13(15(4,20-16)8-12(16)17)19-14-11(3)6-5-7-18-14/h5-7,10,12-13H,8-9H2,1-4H3/t12-,13+,15-,16+/m0/s1. The molecule has 3 rings (SSSR count). The number of nitrogens with zero attached hydrogens (tertiary/aromatic N) is 1. The molecule has 0 spiro atoms. The first kappa shape index (κ1) is 14.3. The number of aromatic nitrogens is 1. The number of aryl methyl sites for hydroxylation is 1. The predicted octanol–water partition coefficient (Wildman–Crippen LogP) is 3.88. The Bertz CT molecular complexity index is 521. The summed E-state index contributed by atoms with van der Waals surface area (Å²) in [4.78, 5) is 4.76. The van der Waals surface area contributed by atoms with Crippen molar-refractivity contribution in [2.24, 2.45) is 5.92 Å². The van der Waals surface area contributed by atoms with Gasteiger partial charge in [-0.25, -0.2) is 4.98 Å². The van der Waals surface area contributed by atoms with Gasteiger partial charge in [-0.3, -0.25) is 0 Å². The monoisotopic (exact) mass is 339 g/mol. The zero-order chi connectivity index (χ0) is 14.5. The Hall–Kier alpha value is -0.610. The van der Waals surface area contributed by atoms with Gasteiger partial charge in [-0.1, -0.05) is 35.8 Å². The zero-order valence-corrected chi connectivity index (χ0v) is 14.1. The van der Waals surface area contributed by atoms with Crippen LogP contribution < -0.4 is 4.74 Å². The van der Waals surface area contributed by atoms with Gasteiger partial charge >= 0.3 is 0 Å². The molecular weight excluding hydrogens is 318 g/mol. The van der Waals surface area contributed by atoms with Crippen molar-refractivity contribution in [1.82, 2.24) is 4.98 Å². The van der Waals surface area contributed by atoms with Crippen molar-refractivity contribution in [1.29, 1.82) is 0 Å². The van der Waals surface area contributed by atoms with Gasteiger partial charge in [-0.15, -0.1) is 0 Å². The lowest BCUT2D eigenvalue weighted by Gasteiger charge is -2.35. The molecule has 2 fully saturated rings. The molecule has 2 saturated heterocycles. The lowest BCUT2D eigenvalue weighted by Crippen LogP contribution is -2.46. The summed E-state index contributed by atoms with van der Waals surface area (Å²) in [6.07, 6.45) is 3.77. The second kappa shape index (κ2) is 4.70. The molecule has 4 heteroatoms. The van der Waals surface area contributed by atoms with E-state index in [9.17, 15) is 0 Å². The van der Waals surface area contributed by atoms with Gasteiger partial charge in [0, 0.05) is 23.0 Å². The van der Waals surface area contributed by atoms with Crippen LogP contribution in [-0.2, 0) is 4.74 Å². The fourth-order valence-electron chi connectivity index (χ4n) is 3.55. The van der Waals surface area contributed by atoms with Crippen molar-refractivity contribution in [3.63, 3.8) is 0 Å². The number of ether oxygens (including phenoxy) is 2. The third-order valence-electron chi connectivity index (χ3n) is 4.92. The minimum absolute atomic E-state index is 0.0762. The summed E-state index contributed by atoms with van der Waals surface area (Å²) >= 11 is 3.82. The smallest absolute Gasteiger partial charge is 0.216 e. The van der Waals surface area contributed by atoms with Crippen LogP contribution in [0.25, 0.3) is 0 Å². The highest BCUT2D eigenvalue weighted by Crippen LogP contribution is 2.57. The van der Waals surface area contributed by atoms with Gasteiger partial charge < -0.3 is 9.47 Å². The minimum Gasteiger partial charge on any atom is -0.471 e. The minimum atomic E-state index is -0.220. The highest BCUT2D eigenvalue weighted by Gasteiger charge is 2.65. The molecule has 0 unspecified atom stereocenters. The largest absolute Gasteiger partial charge is 0.471 e. The number of halogens is 1. The van der Waals surface area contributed by atoms with Crippen molar-refractivity contribution >= 4 is 15.9 Å². The van der Waals surface area contributed by atoms with Gasteiger partial charge in [0.05, 0.1) is 5.60 Å². The first-order valence-electron chi connectivity index (χ1n) is 7.30. The van der Waals surface area contributed by atoms with Crippen LogP contribution in [0.4, 0.5) is 0 Å². The SMILES string of the molecule is Cc1cccnc1O[C@@H]1C[C@]2(C(C)C)O[C@@]1(C)C[C@@H]2Br. The van der Waals surface area contributed by atoms with E-state index in [1.165, 1.54) is 0 Å². The second-order valence-electron chi connectivity index (χ2n) is 6.63. The number of fused-ring (bicyclic) bond motifs is 2. The zero-order valence-electron chi connectivity index (χ0n) is 12.5. The number of pyridine rings is 1. The molecule has 3 heterocycles. The highest BCUT2D eigenvalue weighted by molar-refractivity contribution is 9.09. The molecule has 110 valence electrons. The molecule has 3 nitrogen and oxygen atoms in total.